The lowest BCUT2D eigenvalue weighted by Crippen LogP contribution is -2.30. The summed E-state index contributed by atoms with van der Waals surface area (Å²) in [6, 6.07) is 10.8. The zero-order chi connectivity index (χ0) is 19.2. The Hall–Kier alpha value is -2.80. The van der Waals surface area contributed by atoms with Crippen LogP contribution in [-0.4, -0.2) is 30.0 Å². The number of rotatable bonds is 7. The van der Waals surface area contributed by atoms with E-state index in [1.807, 2.05) is 18.2 Å². The standard InChI is InChI=1S/C20H19BrN2O4/c1-25-17-9-15(10-18(26-2)19(17)21)20(24)23(13-16-6-4-8-27-16)12-14-5-3-7-22-11-14/h3-11H,12-13H2,1-2H3. The van der Waals surface area contributed by atoms with Crippen molar-refractivity contribution in [3.63, 3.8) is 0 Å². The van der Waals surface area contributed by atoms with E-state index in [2.05, 4.69) is 20.9 Å². The lowest BCUT2D eigenvalue weighted by Gasteiger charge is -2.22. The number of hydrogen-bond acceptors (Lipinski definition) is 5. The molecule has 0 aliphatic heterocycles. The highest BCUT2D eigenvalue weighted by Gasteiger charge is 2.21. The van der Waals surface area contributed by atoms with Gasteiger partial charge in [-0.05, 0) is 51.8 Å². The molecular weight excluding hydrogens is 412 g/mol. The third kappa shape index (κ3) is 4.49. The van der Waals surface area contributed by atoms with Crippen LogP contribution in [0.2, 0.25) is 0 Å². The highest BCUT2D eigenvalue weighted by molar-refractivity contribution is 9.10. The van der Waals surface area contributed by atoms with Crippen LogP contribution in [0.15, 0.2) is 63.9 Å². The lowest BCUT2D eigenvalue weighted by atomic mass is 10.1. The number of carbonyl (C=O) groups excluding carboxylic acids is 1. The molecule has 3 rings (SSSR count). The van der Waals surface area contributed by atoms with Gasteiger partial charge in [0.15, 0.2) is 0 Å². The summed E-state index contributed by atoms with van der Waals surface area (Å²) in [4.78, 5) is 19.1. The summed E-state index contributed by atoms with van der Waals surface area (Å²) in [7, 11) is 3.09. The number of pyridine rings is 1. The molecule has 0 fully saturated rings. The Morgan fingerprint density at radius 3 is 2.44 bits per heavy atom. The highest BCUT2D eigenvalue weighted by Crippen LogP contribution is 2.36. The topological polar surface area (TPSA) is 64.8 Å². The van der Waals surface area contributed by atoms with Crippen molar-refractivity contribution in [1.29, 1.82) is 0 Å². The van der Waals surface area contributed by atoms with Crippen molar-refractivity contribution in [3.05, 3.63) is 76.4 Å². The molecule has 0 aliphatic carbocycles. The molecule has 0 N–H and O–H groups in total. The molecule has 3 aromatic rings. The van der Waals surface area contributed by atoms with E-state index in [4.69, 9.17) is 13.9 Å². The molecule has 0 aliphatic rings. The average molecular weight is 431 g/mol. The summed E-state index contributed by atoms with van der Waals surface area (Å²) >= 11 is 3.43. The first-order chi connectivity index (χ1) is 13.1. The van der Waals surface area contributed by atoms with E-state index in [1.165, 1.54) is 0 Å². The van der Waals surface area contributed by atoms with Gasteiger partial charge in [-0.15, -0.1) is 0 Å². The number of aromatic nitrogens is 1. The zero-order valence-corrected chi connectivity index (χ0v) is 16.6. The van der Waals surface area contributed by atoms with E-state index >= 15 is 0 Å². The molecular formula is C20H19BrN2O4. The van der Waals surface area contributed by atoms with Crippen LogP contribution in [0, 0.1) is 0 Å². The van der Waals surface area contributed by atoms with Crippen molar-refractivity contribution < 1.29 is 18.7 Å². The van der Waals surface area contributed by atoms with Gasteiger partial charge in [0.05, 0.1) is 27.0 Å². The summed E-state index contributed by atoms with van der Waals surface area (Å²) in [6.07, 6.45) is 5.03. The van der Waals surface area contributed by atoms with Crippen molar-refractivity contribution in [2.45, 2.75) is 13.1 Å². The summed E-state index contributed by atoms with van der Waals surface area (Å²) in [5.74, 6) is 1.58. The van der Waals surface area contributed by atoms with Gasteiger partial charge in [0.2, 0.25) is 0 Å². The molecule has 7 heteroatoms. The number of benzene rings is 1. The molecule has 0 bridgehead atoms. The van der Waals surface area contributed by atoms with Crippen LogP contribution in [0.5, 0.6) is 11.5 Å². The predicted octanol–water partition coefficient (Wildman–Crippen LogP) is 4.30. The van der Waals surface area contributed by atoms with E-state index in [0.29, 0.717) is 40.4 Å². The average Bonchev–Trinajstić information content (AvgIpc) is 3.21. The molecule has 0 spiro atoms. The van der Waals surface area contributed by atoms with Crippen molar-refractivity contribution in [2.75, 3.05) is 14.2 Å². The van der Waals surface area contributed by atoms with Crippen molar-refractivity contribution in [2.24, 2.45) is 0 Å². The number of furan rings is 1. The molecule has 0 saturated heterocycles. The minimum Gasteiger partial charge on any atom is -0.495 e. The quantitative estimate of drug-likeness (QED) is 0.558. The number of amides is 1. The molecule has 0 saturated carbocycles. The first kappa shape index (κ1) is 19.0. The number of hydrogen-bond donors (Lipinski definition) is 0. The fourth-order valence-electron chi connectivity index (χ4n) is 2.68. The Labute approximate surface area is 165 Å². The van der Waals surface area contributed by atoms with Gasteiger partial charge >= 0.3 is 0 Å². The second-order valence-electron chi connectivity index (χ2n) is 5.80. The molecule has 2 aromatic heterocycles. The maximum atomic E-state index is 13.3. The monoisotopic (exact) mass is 430 g/mol. The Kier molecular flexibility index (Phi) is 6.13. The largest absolute Gasteiger partial charge is 0.495 e. The van der Waals surface area contributed by atoms with Crippen LogP contribution in [0.1, 0.15) is 21.7 Å². The first-order valence-electron chi connectivity index (χ1n) is 8.24. The SMILES string of the molecule is COc1cc(C(=O)N(Cc2cccnc2)Cc2ccco2)cc(OC)c1Br. The normalized spacial score (nSPS) is 10.5. The minimum atomic E-state index is -0.167. The number of carbonyl (C=O) groups is 1. The summed E-state index contributed by atoms with van der Waals surface area (Å²) in [6.45, 7) is 0.732. The molecule has 1 amide bonds. The Balaban J connectivity index is 1.94. The minimum absolute atomic E-state index is 0.167. The van der Waals surface area contributed by atoms with Crippen molar-refractivity contribution in [3.8, 4) is 11.5 Å². The lowest BCUT2D eigenvalue weighted by molar-refractivity contribution is 0.0716. The first-order valence-corrected chi connectivity index (χ1v) is 9.03. The van der Waals surface area contributed by atoms with E-state index in [-0.39, 0.29) is 5.91 Å². The fraction of sp³-hybridized carbons (Fsp3) is 0.200. The molecule has 1 aromatic carbocycles. The van der Waals surface area contributed by atoms with Gasteiger partial charge < -0.3 is 18.8 Å². The third-order valence-corrected chi connectivity index (χ3v) is 4.78. The maximum Gasteiger partial charge on any atom is 0.254 e. The second kappa shape index (κ2) is 8.73. The van der Waals surface area contributed by atoms with Crippen molar-refractivity contribution in [1.82, 2.24) is 9.88 Å². The smallest absolute Gasteiger partial charge is 0.254 e. The number of methoxy groups -OCH3 is 2. The van der Waals surface area contributed by atoms with E-state index in [1.54, 1.807) is 56.0 Å². The molecule has 0 atom stereocenters. The summed E-state index contributed by atoms with van der Waals surface area (Å²) in [5, 5.41) is 0. The van der Waals surface area contributed by atoms with Crippen LogP contribution < -0.4 is 9.47 Å². The fourth-order valence-corrected chi connectivity index (χ4v) is 3.23. The number of halogens is 1. The number of nitrogens with zero attached hydrogens (tertiary/aromatic N) is 2. The van der Waals surface area contributed by atoms with Crippen LogP contribution in [0.25, 0.3) is 0 Å². The van der Waals surface area contributed by atoms with Crippen LogP contribution in [0.4, 0.5) is 0 Å². The van der Waals surface area contributed by atoms with Gasteiger partial charge in [0.1, 0.15) is 21.7 Å². The van der Waals surface area contributed by atoms with Gasteiger partial charge in [-0.2, -0.15) is 0 Å². The van der Waals surface area contributed by atoms with E-state index < -0.39 is 0 Å². The molecule has 140 valence electrons. The van der Waals surface area contributed by atoms with E-state index in [9.17, 15) is 4.79 Å². The third-order valence-electron chi connectivity index (χ3n) is 4.00. The molecule has 2 heterocycles. The zero-order valence-electron chi connectivity index (χ0n) is 15.0. The Morgan fingerprint density at radius 1 is 1.15 bits per heavy atom. The van der Waals surface area contributed by atoms with Crippen LogP contribution in [-0.2, 0) is 13.1 Å². The van der Waals surface area contributed by atoms with Gasteiger partial charge in [-0.3, -0.25) is 9.78 Å². The summed E-state index contributed by atoms with van der Waals surface area (Å²) < 4.78 is 16.8. The molecule has 0 radical (unpaired) electrons. The van der Waals surface area contributed by atoms with Crippen molar-refractivity contribution >= 4 is 21.8 Å². The van der Waals surface area contributed by atoms with Gasteiger partial charge in [0, 0.05) is 24.5 Å². The Morgan fingerprint density at radius 2 is 1.89 bits per heavy atom. The highest BCUT2D eigenvalue weighted by atomic mass is 79.9. The van der Waals surface area contributed by atoms with Gasteiger partial charge in [-0.25, -0.2) is 0 Å². The van der Waals surface area contributed by atoms with Crippen LogP contribution in [0.3, 0.4) is 0 Å². The molecule has 6 nitrogen and oxygen atoms in total. The van der Waals surface area contributed by atoms with E-state index in [0.717, 1.165) is 5.56 Å². The number of ether oxygens (including phenoxy) is 2. The van der Waals surface area contributed by atoms with Crippen LogP contribution >= 0.6 is 15.9 Å². The summed E-state index contributed by atoms with van der Waals surface area (Å²) in [5.41, 5.74) is 1.38. The molecule has 27 heavy (non-hydrogen) atoms. The maximum absolute atomic E-state index is 13.3. The molecule has 0 unspecified atom stereocenters. The Bertz CT molecular complexity index is 873. The predicted molar refractivity (Wildman–Crippen MR) is 104 cm³/mol. The second-order valence-corrected chi connectivity index (χ2v) is 6.59. The van der Waals surface area contributed by atoms with Gasteiger partial charge in [-0.1, -0.05) is 6.07 Å². The van der Waals surface area contributed by atoms with Gasteiger partial charge in [0.25, 0.3) is 5.91 Å².